The van der Waals surface area contributed by atoms with E-state index in [0.717, 1.165) is 0 Å². The highest BCUT2D eigenvalue weighted by atomic mass is 19.4. The number of alkyl halides is 9. The smallest absolute Gasteiger partial charge is 0.460 e. The minimum absolute atomic E-state index is 0.594. The molecule has 0 fully saturated rings. The van der Waals surface area contributed by atoms with Crippen LogP contribution in [-0.2, 0) is 14.3 Å². The minimum atomic E-state index is -6.98. The van der Waals surface area contributed by atoms with Gasteiger partial charge in [0.25, 0.3) is 0 Å². The first-order valence-electron chi connectivity index (χ1n) is 6.64. The van der Waals surface area contributed by atoms with Gasteiger partial charge in [-0.3, -0.25) is 0 Å². The summed E-state index contributed by atoms with van der Waals surface area (Å²) < 4.78 is 124. The Hall–Kier alpha value is -1.46. The Bertz CT molecular complexity index is 472. The van der Waals surface area contributed by atoms with Gasteiger partial charge in [-0.05, 0) is 13.8 Å². The van der Waals surface area contributed by atoms with E-state index >= 15 is 0 Å². The number of ether oxygens (including phenoxy) is 2. The van der Waals surface area contributed by atoms with Gasteiger partial charge >= 0.3 is 29.9 Å². The highest BCUT2D eigenvalue weighted by Crippen LogP contribution is 2.54. The molecule has 0 amide bonds. The lowest BCUT2D eigenvalue weighted by Crippen LogP contribution is -2.61. The molecule has 148 valence electrons. The van der Waals surface area contributed by atoms with Gasteiger partial charge in [-0.25, -0.2) is 4.79 Å². The van der Waals surface area contributed by atoms with Crippen LogP contribution in [0.4, 0.5) is 39.5 Å². The molecule has 0 rings (SSSR count). The van der Waals surface area contributed by atoms with Crippen LogP contribution < -0.4 is 0 Å². The molecule has 0 bridgehead atoms. The van der Waals surface area contributed by atoms with E-state index in [9.17, 15) is 44.3 Å². The Kier molecular flexibility index (Phi) is 7.38. The van der Waals surface area contributed by atoms with Crippen molar-refractivity contribution in [1.29, 1.82) is 0 Å². The van der Waals surface area contributed by atoms with E-state index in [1.807, 2.05) is 0 Å². The van der Waals surface area contributed by atoms with Gasteiger partial charge in [0.1, 0.15) is 6.61 Å². The molecule has 0 N–H and O–H groups in total. The number of hydrogen-bond acceptors (Lipinski definition) is 3. The van der Waals surface area contributed by atoms with Gasteiger partial charge in [-0.15, -0.1) is 0 Å². The summed E-state index contributed by atoms with van der Waals surface area (Å²) in [4.78, 5) is 10.9. The van der Waals surface area contributed by atoms with E-state index in [-0.39, 0.29) is 0 Å². The summed E-state index contributed by atoms with van der Waals surface area (Å²) in [6, 6.07) is 0. The molecule has 0 aliphatic rings. The molecule has 0 saturated heterocycles. The van der Waals surface area contributed by atoms with Gasteiger partial charge in [0, 0.05) is 12.5 Å². The molecule has 0 spiro atoms. The van der Waals surface area contributed by atoms with Crippen LogP contribution in [0.15, 0.2) is 12.7 Å². The Morgan fingerprint density at radius 1 is 1.00 bits per heavy atom. The molecule has 3 nitrogen and oxygen atoms in total. The summed E-state index contributed by atoms with van der Waals surface area (Å²) in [6.45, 7) is 4.39. The molecule has 0 aromatic heterocycles. The molecule has 0 aromatic carbocycles. The Morgan fingerprint density at radius 3 is 1.84 bits per heavy atom. The van der Waals surface area contributed by atoms with Crippen molar-refractivity contribution in [2.75, 3.05) is 6.61 Å². The van der Waals surface area contributed by atoms with E-state index in [0.29, 0.717) is 6.08 Å². The van der Waals surface area contributed by atoms with Gasteiger partial charge in [0.15, 0.2) is 0 Å². The van der Waals surface area contributed by atoms with E-state index in [4.69, 9.17) is 4.74 Å². The average molecular weight is 390 g/mol. The lowest BCUT2D eigenvalue weighted by Gasteiger charge is -2.35. The highest BCUT2D eigenvalue weighted by molar-refractivity contribution is 5.81. The Balaban J connectivity index is 5.48. The maximum atomic E-state index is 13.6. The standard InChI is InChI=1S/C13H15F9O3/c1-4-9(23)24-6-8(25-7(2)3)5-10(14,15)11(16,17)12(18,19)13(20,21)22/h4,7-8H,1,5-6H2,2-3H3. The van der Waals surface area contributed by atoms with Crippen LogP contribution in [0.3, 0.4) is 0 Å². The molecular weight excluding hydrogens is 375 g/mol. The van der Waals surface area contributed by atoms with E-state index < -0.39 is 55.1 Å². The normalized spacial score (nSPS) is 15.2. The predicted octanol–water partition coefficient (Wildman–Crippen LogP) is 4.37. The molecule has 0 saturated carbocycles. The number of carbonyl (C=O) groups excluding carboxylic acids is 1. The van der Waals surface area contributed by atoms with Crippen LogP contribution in [0.25, 0.3) is 0 Å². The summed E-state index contributed by atoms with van der Waals surface area (Å²) >= 11 is 0. The monoisotopic (exact) mass is 390 g/mol. The second kappa shape index (κ2) is 7.83. The molecule has 12 heteroatoms. The van der Waals surface area contributed by atoms with E-state index in [1.165, 1.54) is 13.8 Å². The van der Waals surface area contributed by atoms with Crippen LogP contribution in [0, 0.1) is 0 Å². The van der Waals surface area contributed by atoms with Crippen LogP contribution in [0.1, 0.15) is 20.3 Å². The third-order valence-corrected chi connectivity index (χ3v) is 2.74. The third kappa shape index (κ3) is 5.51. The van der Waals surface area contributed by atoms with Crippen LogP contribution >= 0.6 is 0 Å². The fraction of sp³-hybridized carbons (Fsp3) is 0.769. The van der Waals surface area contributed by atoms with E-state index in [2.05, 4.69) is 11.3 Å². The van der Waals surface area contributed by atoms with Crippen molar-refractivity contribution in [3.63, 3.8) is 0 Å². The quantitative estimate of drug-likeness (QED) is 0.333. The van der Waals surface area contributed by atoms with Crippen LogP contribution in [0.2, 0.25) is 0 Å². The van der Waals surface area contributed by atoms with Gasteiger partial charge in [-0.2, -0.15) is 39.5 Å². The number of halogens is 9. The number of hydrogen-bond donors (Lipinski definition) is 0. The summed E-state index contributed by atoms with van der Waals surface area (Å²) in [7, 11) is 0. The Labute approximate surface area is 136 Å². The SMILES string of the molecule is C=CC(=O)OCC(CC(F)(F)C(F)(F)C(F)(F)C(F)(F)F)OC(C)C. The first-order valence-corrected chi connectivity index (χ1v) is 6.64. The van der Waals surface area contributed by atoms with Crippen molar-refractivity contribution in [3.05, 3.63) is 12.7 Å². The van der Waals surface area contributed by atoms with Gasteiger partial charge in [0.2, 0.25) is 0 Å². The molecule has 0 heterocycles. The topological polar surface area (TPSA) is 35.5 Å². The minimum Gasteiger partial charge on any atom is -0.460 e. The fourth-order valence-electron chi connectivity index (χ4n) is 1.59. The van der Waals surface area contributed by atoms with Crippen molar-refractivity contribution in [2.45, 2.75) is 56.4 Å². The molecular formula is C13H15F9O3. The molecule has 1 unspecified atom stereocenters. The highest BCUT2D eigenvalue weighted by Gasteiger charge is 2.81. The zero-order chi connectivity index (χ0) is 20.3. The summed E-state index contributed by atoms with van der Waals surface area (Å²) in [5, 5.41) is 0. The van der Waals surface area contributed by atoms with Gasteiger partial charge < -0.3 is 9.47 Å². The first kappa shape index (κ1) is 23.5. The Morgan fingerprint density at radius 2 is 1.48 bits per heavy atom. The molecule has 25 heavy (non-hydrogen) atoms. The van der Waals surface area contributed by atoms with Crippen LogP contribution in [-0.4, -0.2) is 48.7 Å². The zero-order valence-corrected chi connectivity index (χ0v) is 13.0. The second-order valence-electron chi connectivity index (χ2n) is 5.20. The fourth-order valence-corrected chi connectivity index (χ4v) is 1.59. The third-order valence-electron chi connectivity index (χ3n) is 2.74. The van der Waals surface area contributed by atoms with Crippen molar-refractivity contribution >= 4 is 5.97 Å². The lowest BCUT2D eigenvalue weighted by molar-refractivity contribution is -0.398. The van der Waals surface area contributed by atoms with E-state index in [1.54, 1.807) is 0 Å². The second-order valence-corrected chi connectivity index (χ2v) is 5.20. The number of esters is 1. The molecule has 0 aliphatic carbocycles. The molecule has 0 aromatic rings. The summed E-state index contributed by atoms with van der Waals surface area (Å²) in [5.41, 5.74) is 0. The molecule has 1 atom stereocenters. The number of rotatable bonds is 9. The molecule has 0 aliphatic heterocycles. The van der Waals surface area contributed by atoms with Gasteiger partial charge in [-0.1, -0.05) is 6.58 Å². The maximum absolute atomic E-state index is 13.6. The first-order chi connectivity index (χ1) is 11.0. The average Bonchev–Trinajstić information content (AvgIpc) is 2.41. The summed E-state index contributed by atoms with van der Waals surface area (Å²) in [6.07, 6.45) is -11.5. The summed E-state index contributed by atoms with van der Waals surface area (Å²) in [5.74, 6) is -20.7. The zero-order valence-electron chi connectivity index (χ0n) is 13.0. The van der Waals surface area contributed by atoms with Gasteiger partial charge in [0.05, 0.1) is 12.2 Å². The van der Waals surface area contributed by atoms with Crippen molar-refractivity contribution in [3.8, 4) is 0 Å². The van der Waals surface area contributed by atoms with Crippen LogP contribution in [0.5, 0.6) is 0 Å². The maximum Gasteiger partial charge on any atom is 0.460 e. The van der Waals surface area contributed by atoms with Crippen molar-refractivity contribution in [1.82, 2.24) is 0 Å². The number of carbonyl (C=O) groups is 1. The predicted molar refractivity (Wildman–Crippen MR) is 66.7 cm³/mol. The molecule has 0 radical (unpaired) electrons. The van der Waals surface area contributed by atoms with Crippen molar-refractivity contribution < 1.29 is 53.8 Å². The largest absolute Gasteiger partial charge is 0.460 e. The lowest BCUT2D eigenvalue weighted by atomic mass is 9.98. The van der Waals surface area contributed by atoms with Crippen molar-refractivity contribution in [2.24, 2.45) is 0 Å².